The van der Waals surface area contributed by atoms with Gasteiger partial charge in [0.15, 0.2) is 5.60 Å². The van der Waals surface area contributed by atoms with E-state index in [2.05, 4.69) is 5.32 Å². The van der Waals surface area contributed by atoms with Crippen molar-refractivity contribution in [1.29, 1.82) is 0 Å². The number of sulfone groups is 1. The fourth-order valence-electron chi connectivity index (χ4n) is 4.96. The molecule has 0 fully saturated rings. The molecule has 9 heteroatoms. The van der Waals surface area contributed by atoms with E-state index in [1.807, 2.05) is 74.5 Å². The molecule has 4 N–H and O–H groups in total. The number of methoxy groups -OCH3 is 1. The molecule has 0 aliphatic rings. The van der Waals surface area contributed by atoms with Gasteiger partial charge in [0.25, 0.3) is 5.91 Å². The summed E-state index contributed by atoms with van der Waals surface area (Å²) in [6.45, 7) is 4.49. The van der Waals surface area contributed by atoms with Crippen molar-refractivity contribution in [3.05, 3.63) is 96.1 Å². The molecule has 1 unspecified atom stereocenters. The number of nitrogens with two attached hydrogens (primary N) is 1. The number of rotatable bonds is 18. The van der Waals surface area contributed by atoms with Gasteiger partial charge in [0.1, 0.15) is 21.3 Å². The van der Waals surface area contributed by atoms with Crippen molar-refractivity contribution in [3.63, 3.8) is 0 Å². The number of para-hydroxylation sites is 1. The molecule has 3 atom stereocenters. The number of aliphatic hydroxyl groups is 1. The Morgan fingerprint density at radius 1 is 0.929 bits per heavy atom. The number of carbonyl (C=O) groups is 1. The van der Waals surface area contributed by atoms with E-state index in [4.69, 9.17) is 15.2 Å². The van der Waals surface area contributed by atoms with Crippen LogP contribution in [-0.4, -0.2) is 56.3 Å². The van der Waals surface area contributed by atoms with Gasteiger partial charge < -0.3 is 25.6 Å². The first-order chi connectivity index (χ1) is 20.0. The normalized spacial score (nSPS) is 14.6. The first-order valence-electron chi connectivity index (χ1n) is 14.3. The fraction of sp³-hybridized carbons (Fsp3) is 0.424. The summed E-state index contributed by atoms with van der Waals surface area (Å²) in [5.41, 5.74) is 6.12. The highest BCUT2D eigenvalue weighted by Crippen LogP contribution is 2.34. The van der Waals surface area contributed by atoms with Crippen molar-refractivity contribution in [2.75, 3.05) is 25.2 Å². The van der Waals surface area contributed by atoms with Crippen molar-refractivity contribution in [3.8, 4) is 11.5 Å². The number of aliphatic hydroxyl groups excluding tert-OH is 1. The number of primary amides is 1. The summed E-state index contributed by atoms with van der Waals surface area (Å²) in [5, 5.41) is 15.0. The van der Waals surface area contributed by atoms with Crippen LogP contribution >= 0.6 is 0 Å². The molecule has 3 aromatic carbocycles. The third kappa shape index (κ3) is 9.86. The molecule has 0 saturated heterocycles. The second kappa shape index (κ2) is 15.7. The average Bonchev–Trinajstić information content (AvgIpc) is 2.98. The summed E-state index contributed by atoms with van der Waals surface area (Å²) in [4.78, 5) is 13.5. The minimum atomic E-state index is -3.52. The van der Waals surface area contributed by atoms with Crippen LogP contribution in [0.25, 0.3) is 0 Å². The number of amides is 1. The van der Waals surface area contributed by atoms with Crippen molar-refractivity contribution >= 4 is 15.7 Å². The lowest BCUT2D eigenvalue weighted by atomic mass is 9.76. The van der Waals surface area contributed by atoms with Crippen LogP contribution in [0.1, 0.15) is 37.8 Å². The fourth-order valence-corrected chi connectivity index (χ4v) is 6.61. The number of nitrogens with one attached hydrogen (secondary N) is 1. The van der Waals surface area contributed by atoms with Crippen LogP contribution in [0.3, 0.4) is 0 Å². The Labute approximate surface area is 250 Å². The van der Waals surface area contributed by atoms with Crippen LogP contribution in [0, 0.1) is 11.8 Å². The predicted molar refractivity (Wildman–Crippen MR) is 166 cm³/mol. The molecule has 42 heavy (non-hydrogen) atoms. The van der Waals surface area contributed by atoms with Crippen molar-refractivity contribution < 1.29 is 27.8 Å². The third-order valence-corrected chi connectivity index (χ3v) is 9.11. The molecule has 0 radical (unpaired) electrons. The summed E-state index contributed by atoms with van der Waals surface area (Å²) >= 11 is 0. The van der Waals surface area contributed by atoms with Crippen molar-refractivity contribution in [2.24, 2.45) is 17.6 Å². The lowest BCUT2D eigenvalue weighted by Gasteiger charge is -2.41. The van der Waals surface area contributed by atoms with Gasteiger partial charge in [-0.2, -0.15) is 0 Å². The molecule has 0 aliphatic heterocycles. The molecular formula is C33H44N2O6S. The van der Waals surface area contributed by atoms with E-state index in [1.54, 1.807) is 31.4 Å². The van der Waals surface area contributed by atoms with Gasteiger partial charge >= 0.3 is 0 Å². The second-order valence-corrected chi connectivity index (χ2v) is 13.4. The maximum absolute atomic E-state index is 13.5. The Balaban J connectivity index is 1.97. The zero-order valence-electron chi connectivity index (χ0n) is 24.7. The molecule has 0 saturated carbocycles. The van der Waals surface area contributed by atoms with Crippen LogP contribution < -0.4 is 20.5 Å². The van der Waals surface area contributed by atoms with E-state index >= 15 is 0 Å². The molecule has 8 nitrogen and oxygen atoms in total. The minimum Gasteiger partial charge on any atom is -0.497 e. The molecule has 0 spiro atoms. The van der Waals surface area contributed by atoms with E-state index in [0.717, 1.165) is 16.9 Å². The van der Waals surface area contributed by atoms with Crippen LogP contribution in [-0.2, 0) is 27.6 Å². The zero-order valence-corrected chi connectivity index (χ0v) is 25.6. The summed E-state index contributed by atoms with van der Waals surface area (Å²) in [6, 6.07) is 25.7. The summed E-state index contributed by atoms with van der Waals surface area (Å²) in [5.74, 6) is -0.688. The van der Waals surface area contributed by atoms with Gasteiger partial charge in [0, 0.05) is 25.4 Å². The Hall–Kier alpha value is -3.40. The van der Waals surface area contributed by atoms with Crippen LogP contribution in [0.5, 0.6) is 11.5 Å². The average molecular weight is 597 g/mol. The number of carbonyl (C=O) groups excluding carboxylic acids is 1. The topological polar surface area (TPSA) is 128 Å². The highest BCUT2D eigenvalue weighted by atomic mass is 32.2. The second-order valence-electron chi connectivity index (χ2n) is 11.1. The van der Waals surface area contributed by atoms with Gasteiger partial charge in [0.2, 0.25) is 0 Å². The van der Waals surface area contributed by atoms with E-state index in [0.29, 0.717) is 18.7 Å². The molecular weight excluding hydrogens is 552 g/mol. The van der Waals surface area contributed by atoms with Gasteiger partial charge in [0.05, 0.1) is 24.7 Å². The minimum absolute atomic E-state index is 0.00115. The lowest BCUT2D eigenvalue weighted by Crippen LogP contribution is -2.60. The Kier molecular flexibility index (Phi) is 12.4. The maximum atomic E-state index is 13.5. The van der Waals surface area contributed by atoms with Gasteiger partial charge in [-0.05, 0) is 54.2 Å². The maximum Gasteiger partial charge on any atom is 0.262 e. The third-order valence-electron chi connectivity index (χ3n) is 7.43. The molecule has 3 aromatic rings. The molecule has 3 rings (SSSR count). The highest BCUT2D eigenvalue weighted by Gasteiger charge is 2.50. The van der Waals surface area contributed by atoms with Crippen LogP contribution in [0.4, 0.5) is 0 Å². The van der Waals surface area contributed by atoms with E-state index < -0.39 is 33.4 Å². The molecule has 1 amide bonds. The Bertz CT molecular complexity index is 1350. The number of hydrogen-bond donors (Lipinski definition) is 3. The van der Waals surface area contributed by atoms with Crippen LogP contribution in [0.2, 0.25) is 0 Å². The van der Waals surface area contributed by atoms with Gasteiger partial charge in [-0.1, -0.05) is 74.5 Å². The summed E-state index contributed by atoms with van der Waals surface area (Å²) in [6.07, 6.45) is -0.548. The first kappa shape index (κ1) is 33.1. The standard InChI is InChI=1S/C33H44N2O6S/c1-25(2)17-19-42(38,39)20-18-33(32(34)37,41-28-14-8-5-9-15-28)30(22-26-11-6-4-7-12-26)31(36)24-35-23-27-13-10-16-29(21-27)40-3/h4-16,21,25,30-31,35-36H,17-20,22-24H2,1-3H3,(H2,34,37)/t30-,31-,33?/m0/s1. The smallest absolute Gasteiger partial charge is 0.262 e. The van der Waals surface area contributed by atoms with E-state index in [1.165, 1.54) is 0 Å². The quantitative estimate of drug-likeness (QED) is 0.201. The number of hydrogen-bond acceptors (Lipinski definition) is 7. The monoisotopic (exact) mass is 596 g/mol. The van der Waals surface area contributed by atoms with Crippen molar-refractivity contribution in [1.82, 2.24) is 5.32 Å². The van der Waals surface area contributed by atoms with Gasteiger partial charge in [-0.25, -0.2) is 8.42 Å². The van der Waals surface area contributed by atoms with E-state index in [-0.39, 0.29) is 36.8 Å². The number of benzene rings is 3. The lowest BCUT2D eigenvalue weighted by molar-refractivity contribution is -0.144. The molecule has 0 bridgehead atoms. The molecule has 0 aromatic heterocycles. The van der Waals surface area contributed by atoms with Gasteiger partial charge in [-0.3, -0.25) is 4.79 Å². The molecule has 0 aliphatic carbocycles. The summed E-state index contributed by atoms with van der Waals surface area (Å²) in [7, 11) is -1.92. The zero-order chi connectivity index (χ0) is 30.6. The number of ether oxygens (including phenoxy) is 2. The Morgan fingerprint density at radius 3 is 2.17 bits per heavy atom. The first-order valence-corrected chi connectivity index (χ1v) is 16.2. The Morgan fingerprint density at radius 2 is 1.55 bits per heavy atom. The van der Waals surface area contributed by atoms with Gasteiger partial charge in [-0.15, -0.1) is 0 Å². The highest BCUT2D eigenvalue weighted by molar-refractivity contribution is 7.91. The van der Waals surface area contributed by atoms with E-state index in [9.17, 15) is 18.3 Å². The molecule has 228 valence electrons. The molecule has 0 heterocycles. The summed E-state index contributed by atoms with van der Waals surface area (Å²) < 4.78 is 37.9. The van der Waals surface area contributed by atoms with Crippen LogP contribution in [0.15, 0.2) is 84.9 Å². The largest absolute Gasteiger partial charge is 0.497 e. The van der Waals surface area contributed by atoms with Crippen molar-refractivity contribution in [2.45, 2.75) is 51.4 Å². The SMILES string of the molecule is COc1cccc(CNC[C@H](O)[C@H](Cc2ccccc2)C(CCS(=O)(=O)CCC(C)C)(Oc2ccccc2)C(N)=O)c1. The predicted octanol–water partition coefficient (Wildman–Crippen LogP) is 4.16.